The fourth-order valence-corrected chi connectivity index (χ4v) is 2.40. The first-order chi connectivity index (χ1) is 8.61. The highest BCUT2D eigenvalue weighted by atomic mass is 79.9. The number of hydrogen-bond acceptors (Lipinski definition) is 3. The third-order valence-electron chi connectivity index (χ3n) is 2.68. The minimum Gasteiger partial charge on any atom is -0.376 e. The summed E-state index contributed by atoms with van der Waals surface area (Å²) >= 11 is 3.30. The van der Waals surface area contributed by atoms with E-state index in [0.29, 0.717) is 17.5 Å². The summed E-state index contributed by atoms with van der Waals surface area (Å²) < 4.78 is 5.47. The van der Waals surface area contributed by atoms with Crippen molar-refractivity contribution in [2.75, 3.05) is 11.9 Å². The molecule has 0 aliphatic rings. The summed E-state index contributed by atoms with van der Waals surface area (Å²) in [7, 11) is 0. The Labute approximate surface area is 116 Å². The van der Waals surface area contributed by atoms with Crippen molar-refractivity contribution < 1.29 is 14.3 Å². The largest absolute Gasteiger partial charge is 0.376 e. The average Bonchev–Trinajstić information content (AvgIpc) is 2.38. The number of benzene rings is 1. The molecule has 2 unspecified atom stereocenters. The second-order valence-corrected chi connectivity index (χ2v) is 4.61. The van der Waals surface area contributed by atoms with Crippen molar-refractivity contribution in [3.05, 3.63) is 35.9 Å². The number of ketones is 2. The normalized spacial score (nSPS) is 13.9. The number of carbonyl (C=O) groups excluding carboxylic acids is 2. The summed E-state index contributed by atoms with van der Waals surface area (Å²) in [6, 6.07) is 8.84. The van der Waals surface area contributed by atoms with Crippen molar-refractivity contribution >= 4 is 27.5 Å². The van der Waals surface area contributed by atoms with Crippen molar-refractivity contribution in [2.45, 2.75) is 20.0 Å². The third kappa shape index (κ3) is 3.75. The number of carbonyl (C=O) groups is 2. The Morgan fingerprint density at radius 3 is 2.33 bits per heavy atom. The Morgan fingerprint density at radius 2 is 1.89 bits per heavy atom. The molecule has 1 rings (SSSR count). The second kappa shape index (κ2) is 7.44. The van der Waals surface area contributed by atoms with Crippen molar-refractivity contribution in [2.24, 2.45) is 5.92 Å². The molecule has 0 N–H and O–H groups in total. The summed E-state index contributed by atoms with van der Waals surface area (Å²) in [5, 5.41) is 0.462. The van der Waals surface area contributed by atoms with Crippen LogP contribution in [0.5, 0.6) is 0 Å². The Bertz CT molecular complexity index is 403. The molecule has 4 heteroatoms. The van der Waals surface area contributed by atoms with Crippen LogP contribution in [-0.4, -0.2) is 29.6 Å². The van der Waals surface area contributed by atoms with E-state index in [2.05, 4.69) is 15.9 Å². The van der Waals surface area contributed by atoms with Gasteiger partial charge in [-0.05, 0) is 13.8 Å². The minimum atomic E-state index is -0.744. The molecule has 0 aromatic heterocycles. The summed E-state index contributed by atoms with van der Waals surface area (Å²) in [6.07, 6.45) is -0.416. The highest BCUT2D eigenvalue weighted by molar-refractivity contribution is 9.09. The van der Waals surface area contributed by atoms with Crippen LogP contribution in [0.15, 0.2) is 30.3 Å². The van der Waals surface area contributed by atoms with E-state index in [0.717, 1.165) is 0 Å². The molecule has 0 fully saturated rings. The fourth-order valence-electron chi connectivity index (χ4n) is 1.84. The second-order valence-electron chi connectivity index (χ2n) is 3.97. The van der Waals surface area contributed by atoms with E-state index >= 15 is 0 Å². The molecule has 0 radical (unpaired) electrons. The van der Waals surface area contributed by atoms with Crippen LogP contribution < -0.4 is 0 Å². The maximum absolute atomic E-state index is 12.3. The van der Waals surface area contributed by atoms with E-state index in [1.54, 1.807) is 24.3 Å². The van der Waals surface area contributed by atoms with Crippen LogP contribution >= 0.6 is 15.9 Å². The van der Waals surface area contributed by atoms with E-state index < -0.39 is 12.0 Å². The Hall–Kier alpha value is -1.00. The number of hydrogen-bond donors (Lipinski definition) is 0. The van der Waals surface area contributed by atoms with Crippen LogP contribution in [0.2, 0.25) is 0 Å². The van der Waals surface area contributed by atoms with Gasteiger partial charge in [-0.25, -0.2) is 0 Å². The molecular formula is C14H17BrO3. The molecule has 0 aliphatic heterocycles. The van der Waals surface area contributed by atoms with Gasteiger partial charge in [-0.2, -0.15) is 0 Å². The van der Waals surface area contributed by atoms with Gasteiger partial charge in [0, 0.05) is 17.5 Å². The zero-order chi connectivity index (χ0) is 13.5. The number of Topliss-reactive ketones (excluding diaryl/α,β-unsaturated/α-hetero) is 2. The molecule has 0 bridgehead atoms. The highest BCUT2D eigenvalue weighted by Gasteiger charge is 2.32. The molecule has 0 saturated carbocycles. The molecule has 1 aromatic rings. The quantitative estimate of drug-likeness (QED) is 0.442. The Kier molecular flexibility index (Phi) is 6.22. The Balaban J connectivity index is 2.98. The van der Waals surface area contributed by atoms with Gasteiger partial charge < -0.3 is 4.74 Å². The number of halogens is 1. The summed E-state index contributed by atoms with van der Waals surface area (Å²) in [5.74, 6) is -1.09. The Morgan fingerprint density at radius 1 is 1.28 bits per heavy atom. The molecule has 18 heavy (non-hydrogen) atoms. The van der Waals surface area contributed by atoms with E-state index in [4.69, 9.17) is 4.74 Å². The molecule has 1 aromatic carbocycles. The molecule has 3 nitrogen and oxygen atoms in total. The topological polar surface area (TPSA) is 43.4 Å². The van der Waals surface area contributed by atoms with Crippen LogP contribution in [-0.2, 0) is 9.53 Å². The first kappa shape index (κ1) is 15.1. The lowest BCUT2D eigenvalue weighted by atomic mass is 9.90. The van der Waals surface area contributed by atoms with Gasteiger partial charge in [-0.15, -0.1) is 0 Å². The van der Waals surface area contributed by atoms with Crippen LogP contribution in [0, 0.1) is 5.92 Å². The lowest BCUT2D eigenvalue weighted by Crippen LogP contribution is -2.37. The zero-order valence-electron chi connectivity index (χ0n) is 10.6. The van der Waals surface area contributed by atoms with Gasteiger partial charge >= 0.3 is 0 Å². The van der Waals surface area contributed by atoms with Crippen LogP contribution in [0.4, 0.5) is 0 Å². The molecule has 2 atom stereocenters. The number of alkyl halides is 1. The zero-order valence-corrected chi connectivity index (χ0v) is 12.1. The summed E-state index contributed by atoms with van der Waals surface area (Å²) in [5.41, 5.74) is 0.545. The van der Waals surface area contributed by atoms with Gasteiger partial charge in [0.2, 0.25) is 0 Å². The average molecular weight is 313 g/mol. The van der Waals surface area contributed by atoms with Crippen molar-refractivity contribution in [1.82, 2.24) is 0 Å². The maximum atomic E-state index is 12.3. The molecule has 0 aliphatic carbocycles. The predicted octanol–water partition coefficient (Wildman–Crippen LogP) is 2.87. The van der Waals surface area contributed by atoms with Gasteiger partial charge in [0.15, 0.2) is 5.78 Å². The first-order valence-corrected chi connectivity index (χ1v) is 7.01. The van der Waals surface area contributed by atoms with Crippen LogP contribution in [0.25, 0.3) is 0 Å². The number of ether oxygens (including phenoxy) is 1. The fraction of sp³-hybridized carbons (Fsp3) is 0.429. The summed E-state index contributed by atoms with van der Waals surface area (Å²) in [4.78, 5) is 24.1. The van der Waals surface area contributed by atoms with E-state index in [1.807, 2.05) is 13.0 Å². The van der Waals surface area contributed by atoms with Crippen LogP contribution in [0.1, 0.15) is 24.2 Å². The molecule has 0 saturated heterocycles. The van der Waals surface area contributed by atoms with E-state index in [-0.39, 0.29) is 11.6 Å². The van der Waals surface area contributed by atoms with Gasteiger partial charge in [0.25, 0.3) is 0 Å². The maximum Gasteiger partial charge on any atom is 0.175 e. The first-order valence-electron chi connectivity index (χ1n) is 5.89. The predicted molar refractivity (Wildman–Crippen MR) is 74.2 cm³/mol. The smallest absolute Gasteiger partial charge is 0.175 e. The molecule has 0 spiro atoms. The van der Waals surface area contributed by atoms with Crippen molar-refractivity contribution in [3.63, 3.8) is 0 Å². The molecule has 0 heterocycles. The van der Waals surface area contributed by atoms with Crippen molar-refractivity contribution in [1.29, 1.82) is 0 Å². The van der Waals surface area contributed by atoms with E-state index in [1.165, 1.54) is 6.92 Å². The highest BCUT2D eigenvalue weighted by Crippen LogP contribution is 2.18. The molecule has 0 amide bonds. The van der Waals surface area contributed by atoms with Gasteiger partial charge in [0.1, 0.15) is 11.7 Å². The van der Waals surface area contributed by atoms with Crippen molar-refractivity contribution in [3.8, 4) is 0 Å². The lowest BCUT2D eigenvalue weighted by molar-refractivity contribution is -0.122. The van der Waals surface area contributed by atoms with Gasteiger partial charge in [-0.1, -0.05) is 46.3 Å². The monoisotopic (exact) mass is 312 g/mol. The molecule has 98 valence electrons. The summed E-state index contributed by atoms with van der Waals surface area (Å²) in [6.45, 7) is 3.75. The van der Waals surface area contributed by atoms with Gasteiger partial charge in [-0.3, -0.25) is 9.59 Å². The third-order valence-corrected chi connectivity index (χ3v) is 3.32. The van der Waals surface area contributed by atoms with Crippen LogP contribution in [0.3, 0.4) is 0 Å². The van der Waals surface area contributed by atoms with Gasteiger partial charge in [0.05, 0.1) is 6.10 Å². The SMILES string of the molecule is CCOC(CBr)C(C(C)=O)C(=O)c1ccccc1. The van der Waals surface area contributed by atoms with E-state index in [9.17, 15) is 9.59 Å². The molecular weight excluding hydrogens is 296 g/mol. The standard InChI is InChI=1S/C14H17BrO3/c1-3-18-12(9-15)13(10(2)16)14(17)11-7-5-4-6-8-11/h4-8,12-13H,3,9H2,1-2H3. The number of rotatable bonds is 7. The minimum absolute atomic E-state index is 0.165. The lowest BCUT2D eigenvalue weighted by Gasteiger charge is -2.22.